The fourth-order valence-corrected chi connectivity index (χ4v) is 5.22. The highest BCUT2D eigenvalue weighted by molar-refractivity contribution is 7.91. The van der Waals surface area contributed by atoms with Crippen LogP contribution in [-0.4, -0.2) is 50.4 Å². The molecule has 2 rings (SSSR count). The number of carbonyl (C=O) groups excluding carboxylic acids is 1. The molecule has 6 heteroatoms. The van der Waals surface area contributed by atoms with Crippen molar-refractivity contribution in [2.24, 2.45) is 17.1 Å². The first-order chi connectivity index (χ1) is 9.30. The van der Waals surface area contributed by atoms with Crippen LogP contribution < -0.4 is 5.73 Å². The van der Waals surface area contributed by atoms with Crippen molar-refractivity contribution in [3.8, 4) is 0 Å². The third-order valence-corrected chi connectivity index (χ3v) is 6.90. The molecule has 1 saturated carbocycles. The normalized spacial score (nSPS) is 36.8. The lowest BCUT2D eigenvalue weighted by Gasteiger charge is -2.41. The van der Waals surface area contributed by atoms with Crippen molar-refractivity contribution in [3.63, 3.8) is 0 Å². The van der Waals surface area contributed by atoms with Crippen LogP contribution >= 0.6 is 0 Å². The van der Waals surface area contributed by atoms with E-state index < -0.39 is 15.3 Å². The number of hydrogen-bond acceptors (Lipinski definition) is 4. The molecule has 1 heterocycles. The molecule has 5 nitrogen and oxygen atoms in total. The van der Waals surface area contributed by atoms with Gasteiger partial charge in [0.15, 0.2) is 9.84 Å². The zero-order chi connectivity index (χ0) is 15.0. The van der Waals surface area contributed by atoms with Crippen molar-refractivity contribution in [1.82, 2.24) is 4.90 Å². The van der Waals surface area contributed by atoms with E-state index in [1.165, 1.54) is 0 Å². The molecule has 1 unspecified atom stereocenters. The Kier molecular flexibility index (Phi) is 4.44. The summed E-state index contributed by atoms with van der Waals surface area (Å²) in [5, 5.41) is 0. The molecule has 1 aliphatic heterocycles. The molecule has 116 valence electrons. The minimum absolute atomic E-state index is 0.0500. The van der Waals surface area contributed by atoms with Crippen LogP contribution in [0.3, 0.4) is 0 Å². The average Bonchev–Trinajstić information content (AvgIpc) is 2.79. The fraction of sp³-hybridized carbons (Fsp3) is 0.929. The highest BCUT2D eigenvalue weighted by atomic mass is 32.2. The summed E-state index contributed by atoms with van der Waals surface area (Å²) in [4.78, 5) is 14.5. The molecule has 2 N–H and O–H groups in total. The molecule has 2 aliphatic rings. The second kappa shape index (κ2) is 5.64. The van der Waals surface area contributed by atoms with Crippen molar-refractivity contribution in [2.45, 2.75) is 45.1 Å². The van der Waals surface area contributed by atoms with Gasteiger partial charge in [0, 0.05) is 19.6 Å². The van der Waals surface area contributed by atoms with Gasteiger partial charge in [-0.25, -0.2) is 8.42 Å². The Morgan fingerprint density at radius 2 is 1.90 bits per heavy atom. The number of carbonyl (C=O) groups is 1. The first-order valence-electron chi connectivity index (χ1n) is 7.47. The van der Waals surface area contributed by atoms with Gasteiger partial charge in [0.1, 0.15) is 0 Å². The van der Waals surface area contributed by atoms with Gasteiger partial charge in [-0.1, -0.05) is 6.92 Å². The fourth-order valence-electron chi connectivity index (χ4n) is 3.44. The zero-order valence-electron chi connectivity index (χ0n) is 12.5. The Morgan fingerprint density at radius 1 is 1.30 bits per heavy atom. The second-order valence-corrected chi connectivity index (χ2v) is 8.87. The summed E-state index contributed by atoms with van der Waals surface area (Å²) < 4.78 is 23.1. The van der Waals surface area contributed by atoms with Crippen LogP contribution in [-0.2, 0) is 14.6 Å². The summed E-state index contributed by atoms with van der Waals surface area (Å²) in [5.74, 6) is 1.00. The van der Waals surface area contributed by atoms with Crippen molar-refractivity contribution < 1.29 is 13.2 Å². The molecule has 0 spiro atoms. The lowest BCUT2D eigenvalue weighted by Crippen LogP contribution is -2.51. The molecule has 1 saturated heterocycles. The first-order valence-corrected chi connectivity index (χ1v) is 9.29. The van der Waals surface area contributed by atoms with Crippen LogP contribution in [0.4, 0.5) is 0 Å². The zero-order valence-corrected chi connectivity index (χ0v) is 13.3. The van der Waals surface area contributed by atoms with E-state index in [4.69, 9.17) is 5.73 Å². The minimum Gasteiger partial charge on any atom is -0.341 e. The predicted octanol–water partition coefficient (Wildman–Crippen LogP) is 0.787. The van der Waals surface area contributed by atoms with Crippen LogP contribution in [0.5, 0.6) is 0 Å². The maximum Gasteiger partial charge on any atom is 0.230 e. The third-order valence-electron chi connectivity index (χ3n) is 5.15. The van der Waals surface area contributed by atoms with Crippen molar-refractivity contribution >= 4 is 15.7 Å². The minimum atomic E-state index is -2.97. The highest BCUT2D eigenvalue weighted by Crippen LogP contribution is 2.40. The van der Waals surface area contributed by atoms with Crippen molar-refractivity contribution in [3.05, 3.63) is 0 Å². The molecule has 20 heavy (non-hydrogen) atoms. The van der Waals surface area contributed by atoms with E-state index in [-0.39, 0.29) is 23.5 Å². The van der Waals surface area contributed by atoms with Crippen LogP contribution in [0.25, 0.3) is 0 Å². The molecule has 2 fully saturated rings. The number of sulfone groups is 1. The maximum atomic E-state index is 12.8. The summed E-state index contributed by atoms with van der Waals surface area (Å²) >= 11 is 0. The van der Waals surface area contributed by atoms with E-state index in [0.29, 0.717) is 18.9 Å². The van der Waals surface area contributed by atoms with Crippen molar-refractivity contribution in [2.75, 3.05) is 25.1 Å². The van der Waals surface area contributed by atoms with Gasteiger partial charge in [0.25, 0.3) is 0 Å². The predicted molar refractivity (Wildman–Crippen MR) is 78.9 cm³/mol. The lowest BCUT2D eigenvalue weighted by atomic mass is 9.70. The SMILES string of the molecule is CC1CCC(CN)(C(=O)N(C)C2CCS(=O)(=O)C2)CC1. The Hall–Kier alpha value is -0.620. The maximum absolute atomic E-state index is 12.8. The van der Waals surface area contributed by atoms with Crippen LogP contribution in [0.2, 0.25) is 0 Å². The van der Waals surface area contributed by atoms with E-state index in [1.54, 1.807) is 11.9 Å². The summed E-state index contributed by atoms with van der Waals surface area (Å²) in [6, 6.07) is -0.171. The van der Waals surface area contributed by atoms with Gasteiger partial charge in [-0.15, -0.1) is 0 Å². The van der Waals surface area contributed by atoms with E-state index in [0.717, 1.165) is 25.7 Å². The van der Waals surface area contributed by atoms with Gasteiger partial charge in [-0.2, -0.15) is 0 Å². The number of nitrogens with zero attached hydrogens (tertiary/aromatic N) is 1. The number of hydrogen-bond donors (Lipinski definition) is 1. The van der Waals surface area contributed by atoms with Crippen LogP contribution in [0, 0.1) is 11.3 Å². The monoisotopic (exact) mass is 302 g/mol. The Balaban J connectivity index is 2.09. The molecule has 0 aromatic heterocycles. The molecule has 0 radical (unpaired) electrons. The Morgan fingerprint density at radius 3 is 2.35 bits per heavy atom. The molecule has 1 amide bonds. The molecule has 1 atom stereocenters. The molecular weight excluding hydrogens is 276 g/mol. The number of rotatable bonds is 3. The van der Waals surface area contributed by atoms with E-state index in [1.807, 2.05) is 0 Å². The van der Waals surface area contributed by atoms with Crippen LogP contribution in [0.1, 0.15) is 39.0 Å². The molecule has 0 aromatic carbocycles. The Labute approximate surface area is 121 Å². The van der Waals surface area contributed by atoms with Gasteiger partial charge >= 0.3 is 0 Å². The smallest absolute Gasteiger partial charge is 0.230 e. The van der Waals surface area contributed by atoms with Crippen molar-refractivity contribution in [1.29, 1.82) is 0 Å². The molecule has 1 aliphatic carbocycles. The lowest BCUT2D eigenvalue weighted by molar-refractivity contribution is -0.144. The second-order valence-electron chi connectivity index (χ2n) is 6.64. The van der Waals surface area contributed by atoms with Gasteiger partial charge in [0.2, 0.25) is 5.91 Å². The topological polar surface area (TPSA) is 80.5 Å². The molecule has 0 bridgehead atoms. The van der Waals surface area contributed by atoms with E-state index >= 15 is 0 Å². The third kappa shape index (κ3) is 3.01. The van der Waals surface area contributed by atoms with Gasteiger partial charge < -0.3 is 10.6 Å². The van der Waals surface area contributed by atoms with Gasteiger partial charge in [-0.05, 0) is 38.0 Å². The highest BCUT2D eigenvalue weighted by Gasteiger charge is 2.44. The van der Waals surface area contributed by atoms with E-state index in [2.05, 4.69) is 6.92 Å². The molecule has 0 aromatic rings. The number of nitrogens with two attached hydrogens (primary N) is 1. The summed E-state index contributed by atoms with van der Waals surface area (Å²) in [7, 11) is -1.23. The van der Waals surface area contributed by atoms with Gasteiger partial charge in [-0.3, -0.25) is 4.79 Å². The Bertz CT molecular complexity index is 467. The van der Waals surface area contributed by atoms with Gasteiger partial charge in [0.05, 0.1) is 16.9 Å². The first kappa shape index (κ1) is 15.8. The molecular formula is C14H26N2O3S. The quantitative estimate of drug-likeness (QED) is 0.835. The summed E-state index contributed by atoms with van der Waals surface area (Å²) in [6.45, 7) is 2.57. The summed E-state index contributed by atoms with van der Waals surface area (Å²) in [6.07, 6.45) is 4.27. The van der Waals surface area contributed by atoms with E-state index in [9.17, 15) is 13.2 Å². The standard InChI is InChI=1S/C14H26N2O3S/c1-11-3-6-14(10-15,7-4-11)13(17)16(2)12-5-8-20(18,19)9-12/h11-12H,3-10,15H2,1-2H3. The average molecular weight is 302 g/mol. The summed E-state index contributed by atoms with van der Waals surface area (Å²) in [5.41, 5.74) is 5.44. The largest absolute Gasteiger partial charge is 0.341 e. The van der Waals surface area contributed by atoms with Crippen LogP contribution in [0.15, 0.2) is 0 Å². The number of amides is 1.